The van der Waals surface area contributed by atoms with Crippen molar-refractivity contribution < 1.29 is 43.3 Å². The molecule has 4 atom stereocenters. The van der Waals surface area contributed by atoms with E-state index in [1.807, 2.05) is 6.92 Å². The number of oxime groups is 1. The number of nitrogens with one attached hydrogen (secondary N) is 1. The molecule has 2 aliphatic rings. The molecule has 0 radical (unpaired) electrons. The minimum atomic E-state index is -1.22. The molecule has 0 spiro atoms. The summed E-state index contributed by atoms with van der Waals surface area (Å²) in [5.41, 5.74) is 4.05. The van der Waals surface area contributed by atoms with E-state index in [-0.39, 0.29) is 42.0 Å². The molecule has 2 aliphatic heterocycles. The van der Waals surface area contributed by atoms with Crippen LogP contribution in [-0.2, 0) is 33.3 Å². The molecular formula is C21H29N5O9S2. The molecule has 37 heavy (non-hydrogen) atoms. The second-order valence-corrected chi connectivity index (χ2v) is 10.4. The molecule has 0 aromatic carbocycles. The molecule has 2 saturated heterocycles. The standard InChI is InChI=1S/C21H29N5O9S2/c1-4-5-6-33-20(30)35-11(2)34-18(29)21(9-32-3)8-26-16(28)14(17(26)37-10-21)24-15(27)13(25-31)12-7-36-19(22)23-12/h7,11,14,17,31H,4-6,8-10H2,1-3H3,(H2,22,23)(H,24,27)/t11?,14?,17-,21?/m1/s1. The lowest BCUT2D eigenvalue weighted by atomic mass is 9.88. The van der Waals surface area contributed by atoms with Crippen LogP contribution in [0.4, 0.5) is 9.93 Å². The molecule has 204 valence electrons. The van der Waals surface area contributed by atoms with E-state index in [0.29, 0.717) is 6.42 Å². The highest BCUT2D eigenvalue weighted by Crippen LogP contribution is 2.43. The largest absolute Gasteiger partial charge is 0.511 e. The minimum Gasteiger partial charge on any atom is -0.434 e. The monoisotopic (exact) mass is 559 g/mol. The van der Waals surface area contributed by atoms with Gasteiger partial charge in [0.25, 0.3) is 5.91 Å². The zero-order chi connectivity index (χ0) is 27.2. The zero-order valence-corrected chi connectivity index (χ0v) is 22.1. The highest BCUT2D eigenvalue weighted by atomic mass is 32.2. The number of β-lactam (4-membered cyclic amide) rings is 1. The SMILES string of the molecule is CCCCOC(=O)OC(C)OC(=O)C1(COC)CS[C@@H]2C(NC(=O)C(=NO)c3csc(N)n3)C(=O)N2C1. The number of esters is 1. The van der Waals surface area contributed by atoms with E-state index in [0.717, 1.165) is 17.8 Å². The summed E-state index contributed by atoms with van der Waals surface area (Å²) in [7, 11) is 1.42. The number of methoxy groups -OCH3 is 1. The van der Waals surface area contributed by atoms with Crippen molar-refractivity contribution in [3.05, 3.63) is 11.1 Å². The Morgan fingerprint density at radius 1 is 1.41 bits per heavy atom. The van der Waals surface area contributed by atoms with E-state index >= 15 is 0 Å². The van der Waals surface area contributed by atoms with Gasteiger partial charge in [0.1, 0.15) is 22.5 Å². The van der Waals surface area contributed by atoms with Gasteiger partial charge in [-0.1, -0.05) is 18.5 Å². The number of fused-ring (bicyclic) bond motifs is 1. The minimum absolute atomic E-state index is 0.0280. The van der Waals surface area contributed by atoms with Crippen LogP contribution in [0, 0.1) is 5.41 Å². The smallest absolute Gasteiger partial charge is 0.434 e. The number of carbonyl (C=O) groups excluding carboxylic acids is 4. The fourth-order valence-electron chi connectivity index (χ4n) is 3.76. The number of hydrogen-bond acceptors (Lipinski definition) is 14. The third-order valence-corrected chi connectivity index (χ3v) is 7.88. The first kappa shape index (κ1) is 28.5. The van der Waals surface area contributed by atoms with Gasteiger partial charge in [-0.25, -0.2) is 9.78 Å². The predicted octanol–water partition coefficient (Wildman–Crippen LogP) is 0.779. The number of thioether (sulfide) groups is 1. The van der Waals surface area contributed by atoms with Gasteiger partial charge in [-0.05, 0) is 6.42 Å². The Morgan fingerprint density at radius 3 is 2.78 bits per heavy atom. The molecule has 2 amide bonds. The number of nitrogens with zero attached hydrogens (tertiary/aromatic N) is 3. The third kappa shape index (κ3) is 6.42. The maximum atomic E-state index is 13.1. The van der Waals surface area contributed by atoms with Crippen LogP contribution >= 0.6 is 23.1 Å². The first-order valence-electron chi connectivity index (χ1n) is 11.4. The van der Waals surface area contributed by atoms with E-state index < -0.39 is 47.1 Å². The summed E-state index contributed by atoms with van der Waals surface area (Å²) >= 11 is 2.32. The molecule has 2 fully saturated rings. The maximum Gasteiger partial charge on any atom is 0.511 e. The number of ether oxygens (including phenoxy) is 4. The van der Waals surface area contributed by atoms with Crippen LogP contribution < -0.4 is 11.1 Å². The zero-order valence-electron chi connectivity index (χ0n) is 20.5. The van der Waals surface area contributed by atoms with Crippen molar-refractivity contribution in [1.29, 1.82) is 0 Å². The molecule has 16 heteroatoms. The average Bonchev–Trinajstić information content (AvgIpc) is 3.28. The number of amides is 2. The molecule has 4 N–H and O–H groups in total. The van der Waals surface area contributed by atoms with Gasteiger partial charge in [-0.15, -0.1) is 23.1 Å². The highest BCUT2D eigenvalue weighted by molar-refractivity contribution is 8.00. The second-order valence-electron chi connectivity index (χ2n) is 8.39. The topological polar surface area (TPSA) is 192 Å². The number of anilines is 1. The summed E-state index contributed by atoms with van der Waals surface area (Å²) in [5.74, 6) is -1.73. The van der Waals surface area contributed by atoms with Crippen molar-refractivity contribution >= 4 is 57.9 Å². The van der Waals surface area contributed by atoms with Crippen molar-refractivity contribution in [2.45, 2.75) is 44.4 Å². The Morgan fingerprint density at radius 2 is 2.16 bits per heavy atom. The van der Waals surface area contributed by atoms with E-state index in [4.69, 9.17) is 24.7 Å². The first-order chi connectivity index (χ1) is 17.7. The fourth-order valence-corrected chi connectivity index (χ4v) is 5.83. The van der Waals surface area contributed by atoms with Crippen molar-refractivity contribution in [3.63, 3.8) is 0 Å². The van der Waals surface area contributed by atoms with E-state index in [9.17, 15) is 24.4 Å². The summed E-state index contributed by atoms with van der Waals surface area (Å²) in [4.78, 5) is 55.7. The van der Waals surface area contributed by atoms with E-state index in [2.05, 4.69) is 15.5 Å². The van der Waals surface area contributed by atoms with Gasteiger partial charge in [0.15, 0.2) is 10.8 Å². The third-order valence-electron chi connectivity index (χ3n) is 5.62. The summed E-state index contributed by atoms with van der Waals surface area (Å²) in [6.07, 6.45) is -0.645. The van der Waals surface area contributed by atoms with Gasteiger partial charge in [0.05, 0.1) is 13.2 Å². The number of unbranched alkanes of at least 4 members (excludes halogenated alkanes) is 1. The van der Waals surface area contributed by atoms with Gasteiger partial charge in [0, 0.05) is 31.7 Å². The average molecular weight is 560 g/mol. The molecule has 1 aromatic rings. The number of nitrogen functional groups attached to an aromatic ring is 1. The molecule has 0 saturated carbocycles. The normalized spacial score (nSPS) is 23.9. The lowest BCUT2D eigenvalue weighted by molar-refractivity contribution is -0.185. The van der Waals surface area contributed by atoms with Crippen LogP contribution in [0.25, 0.3) is 0 Å². The van der Waals surface area contributed by atoms with E-state index in [1.165, 1.54) is 36.1 Å². The Labute approximate surface area is 220 Å². The van der Waals surface area contributed by atoms with Crippen molar-refractivity contribution in [1.82, 2.24) is 15.2 Å². The van der Waals surface area contributed by atoms with Crippen LogP contribution in [0.3, 0.4) is 0 Å². The van der Waals surface area contributed by atoms with Gasteiger partial charge in [-0.2, -0.15) is 0 Å². The maximum absolute atomic E-state index is 13.1. The lowest BCUT2D eigenvalue weighted by Crippen LogP contribution is -2.74. The summed E-state index contributed by atoms with van der Waals surface area (Å²) in [5, 5.41) is 16.0. The quantitative estimate of drug-likeness (QED) is 0.0657. The van der Waals surface area contributed by atoms with Gasteiger partial charge in [-0.3, -0.25) is 14.4 Å². The van der Waals surface area contributed by atoms with Crippen LogP contribution in [-0.4, -0.2) is 95.1 Å². The number of nitrogens with two attached hydrogens (primary N) is 1. The second kappa shape index (κ2) is 12.4. The predicted molar refractivity (Wildman–Crippen MR) is 132 cm³/mol. The van der Waals surface area contributed by atoms with Crippen LogP contribution in [0.1, 0.15) is 32.4 Å². The van der Waals surface area contributed by atoms with E-state index in [1.54, 1.807) is 0 Å². The van der Waals surface area contributed by atoms with Gasteiger partial charge < -0.3 is 40.1 Å². The van der Waals surface area contributed by atoms with Crippen LogP contribution in [0.5, 0.6) is 0 Å². The lowest BCUT2D eigenvalue weighted by Gasteiger charge is -2.53. The van der Waals surface area contributed by atoms with Gasteiger partial charge in [0.2, 0.25) is 12.2 Å². The van der Waals surface area contributed by atoms with Gasteiger partial charge >= 0.3 is 12.1 Å². The Kier molecular flexibility index (Phi) is 9.56. The molecule has 14 nitrogen and oxygen atoms in total. The Balaban J connectivity index is 1.60. The Hall–Kier alpha value is -3.11. The van der Waals surface area contributed by atoms with Crippen LogP contribution in [0.2, 0.25) is 0 Å². The number of aromatic nitrogens is 1. The van der Waals surface area contributed by atoms with Crippen molar-refractivity contribution in [2.75, 3.05) is 38.4 Å². The summed E-state index contributed by atoms with van der Waals surface area (Å²) in [6, 6.07) is -0.901. The highest BCUT2D eigenvalue weighted by Gasteiger charge is 2.58. The first-order valence-corrected chi connectivity index (χ1v) is 13.3. The molecule has 0 bridgehead atoms. The number of rotatable bonds is 11. The fraction of sp³-hybridized carbons (Fsp3) is 0.619. The molecule has 3 heterocycles. The number of thiazole rings is 1. The number of hydrogen-bond donors (Lipinski definition) is 3. The summed E-state index contributed by atoms with van der Waals surface area (Å²) < 4.78 is 20.5. The van der Waals surface area contributed by atoms with Crippen molar-refractivity contribution in [2.24, 2.45) is 10.6 Å². The van der Waals surface area contributed by atoms with Crippen molar-refractivity contribution in [3.8, 4) is 0 Å². The molecule has 3 rings (SSSR count). The molecule has 3 unspecified atom stereocenters. The molecule has 1 aromatic heterocycles. The number of carbonyl (C=O) groups is 4. The Bertz CT molecular complexity index is 1050. The molecular weight excluding hydrogens is 530 g/mol. The molecule has 0 aliphatic carbocycles. The summed E-state index contributed by atoms with van der Waals surface area (Å²) in [6.45, 7) is 3.45. The van der Waals surface area contributed by atoms with Crippen LogP contribution in [0.15, 0.2) is 10.5 Å².